The van der Waals surface area contributed by atoms with Crippen LogP contribution in [0.3, 0.4) is 0 Å². The van der Waals surface area contributed by atoms with E-state index in [9.17, 15) is 9.59 Å². The fourth-order valence-electron chi connectivity index (χ4n) is 2.04. The molecule has 2 N–H and O–H groups in total. The molecular weight excluding hydrogens is 272 g/mol. The third-order valence-corrected chi connectivity index (χ3v) is 3.07. The highest BCUT2D eigenvalue weighted by molar-refractivity contribution is 6.04. The van der Waals surface area contributed by atoms with Gasteiger partial charge in [-0.2, -0.15) is 0 Å². The van der Waals surface area contributed by atoms with E-state index in [1.165, 1.54) is 12.3 Å². The highest BCUT2D eigenvalue weighted by atomic mass is 16.5. The Labute approximate surface area is 120 Å². The molecule has 1 aromatic heterocycles. The summed E-state index contributed by atoms with van der Waals surface area (Å²) in [5.74, 6) is 0.779. The van der Waals surface area contributed by atoms with Crippen molar-refractivity contribution in [2.75, 3.05) is 18.5 Å². The number of pyridine rings is 1. The second-order valence-corrected chi connectivity index (χ2v) is 4.58. The Hall–Kier alpha value is -2.76. The summed E-state index contributed by atoms with van der Waals surface area (Å²) in [5.41, 5.74) is 0.182. The van der Waals surface area contributed by atoms with Crippen molar-refractivity contribution in [1.29, 1.82) is 0 Å². The number of hydrogen-bond acceptors (Lipinski definition) is 4. The van der Waals surface area contributed by atoms with Gasteiger partial charge >= 0.3 is 0 Å². The van der Waals surface area contributed by atoms with Crippen molar-refractivity contribution < 1.29 is 14.3 Å². The SMILES string of the molecule is O=C(Nc1ccc2c(c1)OCCCO2)c1ccc[nH]c1=O. The number of H-pyrrole nitrogens is 1. The van der Waals surface area contributed by atoms with Gasteiger partial charge in [0.25, 0.3) is 11.5 Å². The van der Waals surface area contributed by atoms with E-state index in [0.29, 0.717) is 30.4 Å². The summed E-state index contributed by atoms with van der Waals surface area (Å²) in [4.78, 5) is 26.1. The molecule has 108 valence electrons. The van der Waals surface area contributed by atoms with Gasteiger partial charge in [0.1, 0.15) is 5.56 Å². The average molecular weight is 286 g/mol. The van der Waals surface area contributed by atoms with E-state index in [2.05, 4.69) is 10.3 Å². The largest absolute Gasteiger partial charge is 0.490 e. The lowest BCUT2D eigenvalue weighted by atomic mass is 10.2. The van der Waals surface area contributed by atoms with Gasteiger partial charge in [0, 0.05) is 24.4 Å². The first kappa shape index (κ1) is 13.2. The molecule has 3 rings (SSSR count). The van der Waals surface area contributed by atoms with Crippen LogP contribution in [0, 0.1) is 0 Å². The van der Waals surface area contributed by atoms with Crippen molar-refractivity contribution in [2.24, 2.45) is 0 Å². The van der Waals surface area contributed by atoms with E-state index < -0.39 is 11.5 Å². The average Bonchev–Trinajstić information content (AvgIpc) is 2.72. The smallest absolute Gasteiger partial charge is 0.261 e. The predicted molar refractivity (Wildman–Crippen MR) is 77.1 cm³/mol. The number of carbonyl (C=O) groups excluding carboxylic acids is 1. The van der Waals surface area contributed by atoms with Crippen LogP contribution in [-0.4, -0.2) is 24.1 Å². The summed E-state index contributed by atoms with van der Waals surface area (Å²) in [6.07, 6.45) is 2.29. The summed E-state index contributed by atoms with van der Waals surface area (Å²) < 4.78 is 11.1. The van der Waals surface area contributed by atoms with Gasteiger partial charge in [0.05, 0.1) is 13.2 Å². The van der Waals surface area contributed by atoms with E-state index in [4.69, 9.17) is 9.47 Å². The van der Waals surface area contributed by atoms with Gasteiger partial charge < -0.3 is 19.8 Å². The van der Waals surface area contributed by atoms with Crippen LogP contribution in [0.5, 0.6) is 11.5 Å². The highest BCUT2D eigenvalue weighted by Crippen LogP contribution is 2.32. The zero-order valence-corrected chi connectivity index (χ0v) is 11.2. The van der Waals surface area contributed by atoms with Crippen molar-refractivity contribution >= 4 is 11.6 Å². The number of anilines is 1. The quantitative estimate of drug-likeness (QED) is 0.882. The standard InChI is InChI=1S/C15H14N2O4/c18-14-11(3-1-6-16-14)15(19)17-10-4-5-12-13(9-10)21-8-2-7-20-12/h1,3-6,9H,2,7-8H2,(H,16,18)(H,17,19). The number of aromatic nitrogens is 1. The fraction of sp³-hybridized carbons (Fsp3) is 0.200. The molecule has 1 aromatic carbocycles. The Morgan fingerprint density at radius 2 is 1.95 bits per heavy atom. The normalized spacial score (nSPS) is 13.3. The molecule has 0 unspecified atom stereocenters. The number of ether oxygens (including phenoxy) is 2. The third kappa shape index (κ3) is 2.89. The molecule has 0 radical (unpaired) electrons. The minimum absolute atomic E-state index is 0.0598. The molecule has 1 aliphatic rings. The Kier molecular flexibility index (Phi) is 3.59. The summed E-state index contributed by atoms with van der Waals surface area (Å²) >= 11 is 0. The van der Waals surface area contributed by atoms with Gasteiger partial charge in [0.2, 0.25) is 0 Å². The summed E-state index contributed by atoms with van der Waals surface area (Å²) in [6, 6.07) is 8.21. The monoisotopic (exact) mass is 286 g/mol. The molecular formula is C15H14N2O4. The highest BCUT2D eigenvalue weighted by Gasteiger charge is 2.14. The molecule has 21 heavy (non-hydrogen) atoms. The van der Waals surface area contributed by atoms with Crippen LogP contribution < -0.4 is 20.3 Å². The molecule has 0 fully saturated rings. The van der Waals surface area contributed by atoms with Gasteiger partial charge in [-0.1, -0.05) is 0 Å². The molecule has 2 heterocycles. The molecule has 2 aromatic rings. The maximum atomic E-state index is 12.1. The van der Waals surface area contributed by atoms with Crippen molar-refractivity contribution in [3.63, 3.8) is 0 Å². The van der Waals surface area contributed by atoms with Crippen molar-refractivity contribution in [3.8, 4) is 11.5 Å². The molecule has 1 amide bonds. The van der Waals surface area contributed by atoms with Crippen LogP contribution in [0.25, 0.3) is 0 Å². The number of aromatic amines is 1. The summed E-state index contributed by atoms with van der Waals surface area (Å²) in [7, 11) is 0. The molecule has 6 nitrogen and oxygen atoms in total. The minimum atomic E-state index is -0.466. The van der Waals surface area contributed by atoms with E-state index in [1.54, 1.807) is 24.3 Å². The molecule has 0 saturated heterocycles. The van der Waals surface area contributed by atoms with E-state index in [1.807, 2.05) is 0 Å². The lowest BCUT2D eigenvalue weighted by Crippen LogP contribution is -2.22. The predicted octanol–water partition coefficient (Wildman–Crippen LogP) is 1.79. The first-order valence-corrected chi connectivity index (χ1v) is 6.63. The molecule has 6 heteroatoms. The number of hydrogen-bond donors (Lipinski definition) is 2. The second kappa shape index (κ2) is 5.70. The molecule has 0 saturated carbocycles. The fourth-order valence-corrected chi connectivity index (χ4v) is 2.04. The second-order valence-electron chi connectivity index (χ2n) is 4.58. The first-order valence-electron chi connectivity index (χ1n) is 6.63. The Balaban J connectivity index is 1.82. The molecule has 0 atom stereocenters. The topological polar surface area (TPSA) is 80.4 Å². The lowest BCUT2D eigenvalue weighted by Gasteiger charge is -2.10. The van der Waals surface area contributed by atoms with Crippen LogP contribution in [0.15, 0.2) is 41.3 Å². The third-order valence-electron chi connectivity index (χ3n) is 3.07. The number of amides is 1. The van der Waals surface area contributed by atoms with Crippen LogP contribution in [-0.2, 0) is 0 Å². The Morgan fingerprint density at radius 3 is 2.76 bits per heavy atom. The first-order chi connectivity index (χ1) is 10.2. The minimum Gasteiger partial charge on any atom is -0.490 e. The maximum Gasteiger partial charge on any atom is 0.261 e. The maximum absolute atomic E-state index is 12.1. The van der Waals surface area contributed by atoms with E-state index >= 15 is 0 Å². The molecule has 0 aliphatic carbocycles. The van der Waals surface area contributed by atoms with Gasteiger partial charge in [-0.15, -0.1) is 0 Å². The zero-order chi connectivity index (χ0) is 14.7. The van der Waals surface area contributed by atoms with Gasteiger partial charge in [-0.25, -0.2) is 0 Å². The van der Waals surface area contributed by atoms with Gasteiger partial charge in [0.15, 0.2) is 11.5 Å². The number of rotatable bonds is 2. The number of nitrogens with one attached hydrogen (secondary N) is 2. The lowest BCUT2D eigenvalue weighted by molar-refractivity contribution is 0.102. The van der Waals surface area contributed by atoms with Gasteiger partial charge in [-0.05, 0) is 24.3 Å². The number of benzene rings is 1. The molecule has 0 bridgehead atoms. The molecule has 0 spiro atoms. The van der Waals surface area contributed by atoms with Gasteiger partial charge in [-0.3, -0.25) is 9.59 Å². The zero-order valence-electron chi connectivity index (χ0n) is 11.2. The molecule has 1 aliphatic heterocycles. The van der Waals surface area contributed by atoms with E-state index in [0.717, 1.165) is 6.42 Å². The van der Waals surface area contributed by atoms with Crippen LogP contribution in [0.1, 0.15) is 16.8 Å². The van der Waals surface area contributed by atoms with Crippen molar-refractivity contribution in [2.45, 2.75) is 6.42 Å². The van der Waals surface area contributed by atoms with Crippen LogP contribution in [0.2, 0.25) is 0 Å². The van der Waals surface area contributed by atoms with Crippen molar-refractivity contribution in [1.82, 2.24) is 4.98 Å². The summed E-state index contributed by atoms with van der Waals surface area (Å²) in [6.45, 7) is 1.18. The van der Waals surface area contributed by atoms with Crippen LogP contribution >= 0.6 is 0 Å². The Morgan fingerprint density at radius 1 is 1.14 bits per heavy atom. The van der Waals surface area contributed by atoms with Crippen LogP contribution in [0.4, 0.5) is 5.69 Å². The van der Waals surface area contributed by atoms with Crippen molar-refractivity contribution in [3.05, 3.63) is 52.4 Å². The number of carbonyl (C=O) groups is 1. The number of fused-ring (bicyclic) bond motifs is 1. The Bertz CT molecular complexity index is 724. The summed E-state index contributed by atoms with van der Waals surface area (Å²) in [5, 5.41) is 2.68. The van der Waals surface area contributed by atoms with E-state index in [-0.39, 0.29) is 5.56 Å².